The molecule has 0 spiro atoms. The van der Waals surface area contributed by atoms with Gasteiger partial charge in [0.15, 0.2) is 0 Å². The largest absolute Gasteiger partial charge is 0.376 e. The highest BCUT2D eigenvalue weighted by Gasteiger charge is 2.45. The van der Waals surface area contributed by atoms with Gasteiger partial charge >= 0.3 is 6.03 Å². The van der Waals surface area contributed by atoms with Crippen molar-refractivity contribution in [2.45, 2.75) is 136 Å². The van der Waals surface area contributed by atoms with E-state index in [1.54, 1.807) is 13.8 Å². The summed E-state index contributed by atoms with van der Waals surface area (Å²) < 4.78 is 32.2. The second kappa shape index (κ2) is 17.2. The Bertz CT molecular complexity index is 1270. The molecule has 0 aromatic rings. The van der Waals surface area contributed by atoms with Crippen LogP contribution in [0.15, 0.2) is 0 Å². The molecule has 3 aliphatic rings. The number of nitrogens with one attached hydrogen (secondary N) is 4. The van der Waals surface area contributed by atoms with Crippen LogP contribution in [0.1, 0.15) is 99.3 Å². The number of amides is 5. The molecule has 15 heteroatoms. The van der Waals surface area contributed by atoms with Crippen LogP contribution in [-0.4, -0.2) is 116 Å². The summed E-state index contributed by atoms with van der Waals surface area (Å²) >= 11 is 0. The molecule has 2 heterocycles. The summed E-state index contributed by atoms with van der Waals surface area (Å²) in [6.07, 6.45) is 5.69. The maximum Gasteiger partial charge on any atom is 0.315 e. The predicted octanol–water partition coefficient (Wildman–Crippen LogP) is 1.68. The van der Waals surface area contributed by atoms with Crippen LogP contribution >= 0.6 is 0 Å². The second-order valence-corrected chi connectivity index (χ2v) is 17.1. The minimum absolute atomic E-state index is 0.00104. The number of fused-ring (bicyclic) bond motifs is 1. The van der Waals surface area contributed by atoms with Gasteiger partial charge in [-0.05, 0) is 57.3 Å². The Labute approximate surface area is 286 Å². The quantitative estimate of drug-likeness (QED) is 0.262. The van der Waals surface area contributed by atoms with Crippen molar-refractivity contribution in [2.24, 2.45) is 11.3 Å². The fraction of sp³-hybridized carbons (Fsp3) is 0.848. The Morgan fingerprint density at radius 1 is 1.00 bits per heavy atom. The Hall–Kier alpha value is -2.78. The Morgan fingerprint density at radius 2 is 1.65 bits per heavy atom. The number of Topliss-reactive ketones (excluding diaryl/α,β-unsaturated/α-hetero) is 1. The number of ether oxygens (including phenoxy) is 1. The first-order chi connectivity index (χ1) is 22.5. The number of carbonyl (C=O) groups is 5. The minimum atomic E-state index is -3.50. The highest BCUT2D eigenvalue weighted by atomic mass is 32.2. The molecule has 14 nitrogen and oxygen atoms in total. The molecule has 0 aromatic carbocycles. The number of nitrogens with zero attached hydrogens (tertiary/aromatic N) is 2. The molecule has 3 rings (SSSR count). The number of urea groups is 1. The van der Waals surface area contributed by atoms with Gasteiger partial charge in [-0.2, -0.15) is 0 Å². The summed E-state index contributed by atoms with van der Waals surface area (Å²) in [5, 5.41) is 11.2. The number of ketones is 1. The van der Waals surface area contributed by atoms with Crippen LogP contribution in [0.5, 0.6) is 0 Å². The fourth-order valence-electron chi connectivity index (χ4n) is 6.14. The average Bonchev–Trinajstić information content (AvgIpc) is 3.75. The highest BCUT2D eigenvalue weighted by Crippen LogP contribution is 2.27. The number of hydrogen-bond donors (Lipinski definition) is 4. The molecule has 6 atom stereocenters. The van der Waals surface area contributed by atoms with Gasteiger partial charge in [0.05, 0.1) is 17.9 Å². The van der Waals surface area contributed by atoms with Crippen LogP contribution in [-0.2, 0) is 33.9 Å². The maximum atomic E-state index is 14.2. The lowest BCUT2D eigenvalue weighted by Crippen LogP contribution is -2.62. The van der Waals surface area contributed by atoms with Crippen LogP contribution in [0, 0.1) is 11.3 Å². The Balaban J connectivity index is 1.84. The monoisotopic (exact) mass is 698 g/mol. The number of sulfonamides is 1. The topological polar surface area (TPSA) is 183 Å². The molecule has 0 unspecified atom stereocenters. The summed E-state index contributed by atoms with van der Waals surface area (Å²) in [4.78, 5) is 68.9. The van der Waals surface area contributed by atoms with E-state index in [0.717, 1.165) is 38.5 Å². The van der Waals surface area contributed by atoms with E-state index in [4.69, 9.17) is 4.74 Å². The molecule has 2 aliphatic heterocycles. The first-order valence-corrected chi connectivity index (χ1v) is 19.1. The van der Waals surface area contributed by atoms with Crippen molar-refractivity contribution < 1.29 is 37.1 Å². The third-order valence-corrected chi connectivity index (χ3v) is 11.5. The molecule has 1 saturated carbocycles. The van der Waals surface area contributed by atoms with Crippen molar-refractivity contribution in [1.29, 1.82) is 0 Å². The lowest BCUT2D eigenvalue weighted by atomic mass is 9.87. The number of likely N-dealkylation sites (N-methyl/N-ethyl adjacent to an activating group) is 1. The van der Waals surface area contributed by atoms with Gasteiger partial charge in [-0.15, -0.1) is 0 Å². The van der Waals surface area contributed by atoms with Gasteiger partial charge in [-0.25, -0.2) is 17.5 Å². The molecule has 0 bridgehead atoms. The molecule has 0 radical (unpaired) electrons. The first kappa shape index (κ1) is 39.7. The van der Waals surface area contributed by atoms with Crippen LogP contribution in [0.2, 0.25) is 0 Å². The average molecular weight is 699 g/mol. The minimum Gasteiger partial charge on any atom is -0.376 e. The van der Waals surface area contributed by atoms with Crippen LogP contribution < -0.4 is 21.3 Å². The van der Waals surface area contributed by atoms with Gasteiger partial charge in [0.2, 0.25) is 27.6 Å². The summed E-state index contributed by atoms with van der Waals surface area (Å²) in [7, 11) is -2.04. The van der Waals surface area contributed by atoms with E-state index in [2.05, 4.69) is 21.3 Å². The van der Waals surface area contributed by atoms with E-state index in [1.165, 1.54) is 16.3 Å². The van der Waals surface area contributed by atoms with Gasteiger partial charge in [0.25, 0.3) is 5.91 Å². The normalized spacial score (nSPS) is 27.5. The number of carbonyl (C=O) groups excluding carboxylic acids is 5. The van der Waals surface area contributed by atoms with Crippen molar-refractivity contribution in [1.82, 2.24) is 30.5 Å². The lowest BCUT2D eigenvalue weighted by molar-refractivity contribution is -0.145. The Morgan fingerprint density at radius 3 is 2.27 bits per heavy atom. The highest BCUT2D eigenvalue weighted by molar-refractivity contribution is 7.89. The molecule has 2 saturated heterocycles. The zero-order valence-corrected chi connectivity index (χ0v) is 30.6. The molecular formula is C33H58N6O8S. The van der Waals surface area contributed by atoms with Crippen molar-refractivity contribution >= 4 is 39.6 Å². The van der Waals surface area contributed by atoms with Gasteiger partial charge in [-0.3, -0.25) is 19.2 Å². The summed E-state index contributed by atoms with van der Waals surface area (Å²) in [5.41, 5.74) is -0.529. The van der Waals surface area contributed by atoms with Crippen molar-refractivity contribution in [3.63, 3.8) is 0 Å². The number of rotatable bonds is 9. The van der Waals surface area contributed by atoms with E-state index in [-0.39, 0.29) is 30.8 Å². The maximum absolute atomic E-state index is 14.2. The fourth-order valence-corrected chi connectivity index (χ4v) is 6.95. The molecule has 274 valence electrons. The van der Waals surface area contributed by atoms with Crippen molar-refractivity contribution in [3.05, 3.63) is 0 Å². The summed E-state index contributed by atoms with van der Waals surface area (Å²) in [6.45, 7) is 11.4. The van der Waals surface area contributed by atoms with E-state index in [9.17, 15) is 32.4 Å². The summed E-state index contributed by atoms with van der Waals surface area (Å²) in [6, 6.07) is -4.33. The lowest BCUT2D eigenvalue weighted by Gasteiger charge is -2.36. The standard InChI is InChI=1S/C33H58N6O8S/c1-8-48(45,46)38(7)20-25(33(4,5)6)36-32(44)37-26-22(3)47-19-13-11-9-10-12-14-24(28(40)30(42)34-23-15-16-23)35-29(41)27-21(2)17-18-39(27)31(26)43/h21-27H,8-20H2,1-7H3,(H,34,42)(H,35,41)(H2,36,37,44)/t21-,22-,24-,25+,26-,27-/m0/s1. The zero-order valence-electron chi connectivity index (χ0n) is 29.8. The van der Waals surface area contributed by atoms with Crippen molar-refractivity contribution in [2.75, 3.05) is 32.5 Å². The van der Waals surface area contributed by atoms with Gasteiger partial charge in [0, 0.05) is 38.8 Å². The van der Waals surface area contributed by atoms with E-state index >= 15 is 0 Å². The van der Waals surface area contributed by atoms with Gasteiger partial charge in [-0.1, -0.05) is 53.4 Å². The third-order valence-electron chi connectivity index (χ3n) is 9.69. The number of hydrogen-bond acceptors (Lipinski definition) is 8. The first-order valence-electron chi connectivity index (χ1n) is 17.5. The van der Waals surface area contributed by atoms with E-state index in [1.807, 2.05) is 27.7 Å². The van der Waals surface area contributed by atoms with E-state index in [0.29, 0.717) is 25.9 Å². The predicted molar refractivity (Wildman–Crippen MR) is 181 cm³/mol. The molecule has 0 aromatic heterocycles. The van der Waals surface area contributed by atoms with Gasteiger partial charge < -0.3 is 30.9 Å². The molecular weight excluding hydrogens is 640 g/mol. The van der Waals surface area contributed by atoms with E-state index < -0.39 is 75.2 Å². The zero-order chi connectivity index (χ0) is 35.8. The third kappa shape index (κ3) is 11.1. The smallest absolute Gasteiger partial charge is 0.315 e. The molecule has 3 fully saturated rings. The van der Waals surface area contributed by atoms with Crippen LogP contribution in [0.4, 0.5) is 4.79 Å². The van der Waals surface area contributed by atoms with Gasteiger partial charge in [0.1, 0.15) is 12.1 Å². The second-order valence-electron chi connectivity index (χ2n) is 14.7. The SMILES string of the molecule is CCS(=O)(=O)N(C)C[C@@H](NC(=O)N[C@@H]1C(=O)N2CC[C@H](C)[C@H]2C(=O)N[C@H](C(=O)C(=O)NC2CC2)CCCCCCCO[C@H]1C)C(C)(C)C. The van der Waals surface area contributed by atoms with Crippen LogP contribution in [0.3, 0.4) is 0 Å². The summed E-state index contributed by atoms with van der Waals surface area (Å²) in [5.74, 6) is -2.70. The molecule has 1 aliphatic carbocycles. The Kier molecular flexibility index (Phi) is 14.2. The molecule has 4 N–H and O–H groups in total. The van der Waals surface area contributed by atoms with Crippen LogP contribution in [0.25, 0.3) is 0 Å². The van der Waals surface area contributed by atoms with Crippen molar-refractivity contribution in [3.8, 4) is 0 Å². The molecule has 5 amide bonds. The molecule has 48 heavy (non-hydrogen) atoms.